The van der Waals surface area contributed by atoms with E-state index in [2.05, 4.69) is 5.32 Å². The molecule has 0 saturated heterocycles. The first-order chi connectivity index (χ1) is 17.2. The largest absolute Gasteiger partial charge is 0.452 e. The third kappa shape index (κ3) is 5.04. The molecule has 1 heterocycles. The van der Waals surface area contributed by atoms with E-state index in [0.29, 0.717) is 24.8 Å². The van der Waals surface area contributed by atoms with Gasteiger partial charge in [0.15, 0.2) is 6.61 Å². The Labute approximate surface area is 217 Å². The fraction of sp³-hybridized carbons (Fsp3) is 0.481. The van der Waals surface area contributed by atoms with Crippen LogP contribution in [0.3, 0.4) is 0 Å². The van der Waals surface area contributed by atoms with Gasteiger partial charge in [0.25, 0.3) is 5.91 Å². The standard InChI is InChI=1S/C27H31ClN2O5S/c1-17(23-13-18-6-7-20(23)12-18)29-26(31)16-35-27(32)24-14-22(8-9-25(24)28)36(33,34)30-11-10-19-4-2-3-5-21(19)15-30/h2-5,8-9,14,17-18,20,23H,6-7,10-13,15-16H2,1H3,(H,29,31)/t17-,18+,20+,23+/m0/s1. The predicted molar refractivity (Wildman–Crippen MR) is 136 cm³/mol. The number of nitrogens with zero attached hydrogens (tertiary/aromatic N) is 1. The fourth-order valence-corrected chi connectivity index (χ4v) is 7.80. The van der Waals surface area contributed by atoms with Crippen molar-refractivity contribution in [1.82, 2.24) is 9.62 Å². The lowest BCUT2D eigenvalue weighted by Crippen LogP contribution is -2.42. The van der Waals surface area contributed by atoms with Gasteiger partial charge in [-0.25, -0.2) is 13.2 Å². The zero-order valence-corrected chi connectivity index (χ0v) is 21.9. The average molecular weight is 531 g/mol. The first-order valence-corrected chi connectivity index (χ1v) is 14.4. The van der Waals surface area contributed by atoms with Crippen molar-refractivity contribution in [1.29, 1.82) is 0 Å². The number of hydrogen-bond donors (Lipinski definition) is 1. The number of sulfonamides is 1. The van der Waals surface area contributed by atoms with Crippen LogP contribution >= 0.6 is 11.6 Å². The number of rotatable bonds is 7. The minimum Gasteiger partial charge on any atom is -0.452 e. The zero-order valence-electron chi connectivity index (χ0n) is 20.3. The van der Waals surface area contributed by atoms with Crippen molar-refractivity contribution in [3.8, 4) is 0 Å². The number of esters is 1. The third-order valence-corrected chi connectivity index (χ3v) is 10.2. The molecule has 3 aliphatic rings. The fourth-order valence-electron chi connectivity index (χ4n) is 6.16. The molecule has 2 aliphatic carbocycles. The summed E-state index contributed by atoms with van der Waals surface area (Å²) in [6.45, 7) is 2.18. The number of nitrogens with one attached hydrogen (secondary N) is 1. The molecular weight excluding hydrogens is 500 g/mol. The lowest BCUT2D eigenvalue weighted by molar-refractivity contribution is -0.125. The molecule has 1 N–H and O–H groups in total. The molecular formula is C27H31ClN2O5S. The molecule has 2 saturated carbocycles. The van der Waals surface area contributed by atoms with E-state index in [0.717, 1.165) is 23.5 Å². The van der Waals surface area contributed by atoms with Gasteiger partial charge >= 0.3 is 5.97 Å². The van der Waals surface area contributed by atoms with Gasteiger partial charge < -0.3 is 10.1 Å². The Bertz CT molecular complexity index is 1280. The highest BCUT2D eigenvalue weighted by atomic mass is 35.5. The predicted octanol–water partition coefficient (Wildman–Crippen LogP) is 4.18. The van der Waals surface area contributed by atoms with E-state index in [-0.39, 0.29) is 34.0 Å². The van der Waals surface area contributed by atoms with E-state index in [1.807, 2.05) is 31.2 Å². The monoisotopic (exact) mass is 530 g/mol. The Morgan fingerprint density at radius 3 is 2.64 bits per heavy atom. The Morgan fingerprint density at radius 2 is 1.92 bits per heavy atom. The van der Waals surface area contributed by atoms with Gasteiger partial charge in [-0.1, -0.05) is 42.3 Å². The van der Waals surface area contributed by atoms with Gasteiger partial charge in [-0.15, -0.1) is 0 Å². The molecule has 2 fully saturated rings. The van der Waals surface area contributed by atoms with Crippen LogP contribution in [0, 0.1) is 17.8 Å². The van der Waals surface area contributed by atoms with Crippen molar-refractivity contribution in [2.45, 2.75) is 56.5 Å². The van der Waals surface area contributed by atoms with Crippen molar-refractivity contribution in [2.24, 2.45) is 17.8 Å². The number of carbonyl (C=O) groups excluding carboxylic acids is 2. The van der Waals surface area contributed by atoms with E-state index in [4.69, 9.17) is 16.3 Å². The normalized spacial score (nSPS) is 24.2. The van der Waals surface area contributed by atoms with Crippen LogP contribution in [0.4, 0.5) is 0 Å². The van der Waals surface area contributed by atoms with E-state index < -0.39 is 22.6 Å². The van der Waals surface area contributed by atoms with E-state index >= 15 is 0 Å². The Hall–Kier alpha value is -2.42. The Balaban J connectivity index is 1.22. The quantitative estimate of drug-likeness (QED) is 0.542. The number of halogens is 1. The summed E-state index contributed by atoms with van der Waals surface area (Å²) in [5, 5.41) is 3.03. The van der Waals surface area contributed by atoms with Gasteiger partial charge in [0.05, 0.1) is 15.5 Å². The van der Waals surface area contributed by atoms with E-state index in [1.165, 1.54) is 41.8 Å². The van der Waals surface area contributed by atoms with Crippen molar-refractivity contribution in [3.05, 3.63) is 64.2 Å². The maximum absolute atomic E-state index is 13.3. The van der Waals surface area contributed by atoms with Crippen molar-refractivity contribution in [2.75, 3.05) is 13.2 Å². The first-order valence-electron chi connectivity index (χ1n) is 12.6. The van der Waals surface area contributed by atoms with Crippen LogP contribution in [0.15, 0.2) is 47.4 Å². The number of amides is 1. The Morgan fingerprint density at radius 1 is 1.14 bits per heavy atom. The maximum Gasteiger partial charge on any atom is 0.340 e. The van der Waals surface area contributed by atoms with Gasteiger partial charge in [0, 0.05) is 19.1 Å². The van der Waals surface area contributed by atoms with Crippen molar-refractivity contribution in [3.63, 3.8) is 0 Å². The van der Waals surface area contributed by atoms with Crippen LogP contribution in [0.5, 0.6) is 0 Å². The average Bonchev–Trinajstić information content (AvgIpc) is 3.51. The van der Waals surface area contributed by atoms with E-state index in [9.17, 15) is 18.0 Å². The molecule has 4 atom stereocenters. The molecule has 1 amide bonds. The van der Waals surface area contributed by atoms with Gasteiger partial charge in [-0.2, -0.15) is 4.31 Å². The van der Waals surface area contributed by atoms with Crippen LogP contribution in [0.1, 0.15) is 54.1 Å². The van der Waals surface area contributed by atoms with Gasteiger partial charge in [0.2, 0.25) is 10.0 Å². The number of ether oxygens (including phenoxy) is 1. The summed E-state index contributed by atoms with van der Waals surface area (Å²) in [7, 11) is -3.85. The molecule has 7 nitrogen and oxygen atoms in total. The van der Waals surface area contributed by atoms with Gasteiger partial charge in [-0.05, 0) is 79.7 Å². The smallest absolute Gasteiger partial charge is 0.340 e. The van der Waals surface area contributed by atoms with Crippen molar-refractivity contribution >= 4 is 33.5 Å². The minimum atomic E-state index is -3.85. The number of benzene rings is 2. The lowest BCUT2D eigenvalue weighted by Gasteiger charge is -2.28. The highest BCUT2D eigenvalue weighted by molar-refractivity contribution is 7.89. The molecule has 0 aromatic heterocycles. The van der Waals surface area contributed by atoms with Gasteiger partial charge in [0.1, 0.15) is 0 Å². The number of fused-ring (bicyclic) bond motifs is 3. The van der Waals surface area contributed by atoms with Crippen molar-refractivity contribution < 1.29 is 22.7 Å². The summed E-state index contributed by atoms with van der Waals surface area (Å²) < 4.78 is 33.2. The molecule has 1 aliphatic heterocycles. The SMILES string of the molecule is C[C@H](NC(=O)COC(=O)c1cc(S(=O)(=O)N2CCc3ccccc3C2)ccc1Cl)[C@H]1C[C@@H]2CC[C@@H]1C2. The summed E-state index contributed by atoms with van der Waals surface area (Å²) in [5.41, 5.74) is 2.02. The van der Waals surface area contributed by atoms with Crippen LogP contribution in [0.2, 0.25) is 5.02 Å². The second-order valence-corrected chi connectivity index (χ2v) is 12.6. The third-order valence-electron chi connectivity index (χ3n) is 8.05. The molecule has 192 valence electrons. The molecule has 9 heteroatoms. The second kappa shape index (κ2) is 10.1. The first kappa shape index (κ1) is 25.2. The molecule has 0 unspecified atom stereocenters. The van der Waals surface area contributed by atoms with Gasteiger partial charge in [-0.3, -0.25) is 4.79 Å². The molecule has 0 radical (unpaired) electrons. The number of carbonyl (C=O) groups is 2. The topological polar surface area (TPSA) is 92.8 Å². The highest BCUT2D eigenvalue weighted by Crippen LogP contribution is 2.49. The minimum absolute atomic E-state index is 0.0261. The molecule has 5 rings (SSSR count). The molecule has 2 aromatic rings. The molecule has 2 aromatic carbocycles. The number of hydrogen-bond acceptors (Lipinski definition) is 5. The zero-order chi connectivity index (χ0) is 25.4. The van der Waals surface area contributed by atoms with Crippen LogP contribution < -0.4 is 5.32 Å². The lowest BCUT2D eigenvalue weighted by atomic mass is 9.84. The molecule has 2 bridgehead atoms. The summed E-state index contributed by atoms with van der Waals surface area (Å²) in [6, 6.07) is 11.8. The van der Waals surface area contributed by atoms with Crippen LogP contribution in [-0.4, -0.2) is 43.8 Å². The van der Waals surface area contributed by atoms with E-state index in [1.54, 1.807) is 0 Å². The molecule has 36 heavy (non-hydrogen) atoms. The summed E-state index contributed by atoms with van der Waals surface area (Å²) in [5.74, 6) is 0.725. The maximum atomic E-state index is 13.3. The second-order valence-electron chi connectivity index (χ2n) is 10.3. The summed E-state index contributed by atoms with van der Waals surface area (Å²) in [6.07, 6.45) is 5.53. The van der Waals surface area contributed by atoms with Crippen LogP contribution in [-0.2, 0) is 32.5 Å². The Kier molecular flexibility index (Phi) is 7.12. The molecule has 0 spiro atoms. The summed E-state index contributed by atoms with van der Waals surface area (Å²) >= 11 is 6.21. The highest BCUT2D eigenvalue weighted by Gasteiger charge is 2.42. The summed E-state index contributed by atoms with van der Waals surface area (Å²) in [4.78, 5) is 25.2. The van der Waals surface area contributed by atoms with Crippen LogP contribution in [0.25, 0.3) is 0 Å².